The Bertz CT molecular complexity index is 660. The van der Waals surface area contributed by atoms with Gasteiger partial charge in [-0.25, -0.2) is 4.98 Å². The van der Waals surface area contributed by atoms with Gasteiger partial charge >= 0.3 is 0 Å². The van der Waals surface area contributed by atoms with E-state index >= 15 is 0 Å². The second-order valence-electron chi connectivity index (χ2n) is 5.43. The maximum atomic E-state index is 4.62. The summed E-state index contributed by atoms with van der Waals surface area (Å²) in [7, 11) is 0. The van der Waals surface area contributed by atoms with Crippen LogP contribution in [-0.4, -0.2) is 20.0 Å². The number of pyridine rings is 1. The minimum absolute atomic E-state index is 0.511. The van der Waals surface area contributed by atoms with E-state index < -0.39 is 0 Å². The van der Waals surface area contributed by atoms with E-state index in [-0.39, 0.29) is 0 Å². The molecule has 104 valence electrons. The summed E-state index contributed by atoms with van der Waals surface area (Å²) in [6.45, 7) is 6.04. The molecule has 4 heteroatoms. The number of nitrogens with one attached hydrogen (secondary N) is 1. The van der Waals surface area contributed by atoms with Gasteiger partial charge in [-0.3, -0.25) is 0 Å². The van der Waals surface area contributed by atoms with Crippen LogP contribution in [0.25, 0.3) is 5.65 Å². The molecule has 3 rings (SSSR count). The number of imidazole rings is 1. The van der Waals surface area contributed by atoms with Crippen LogP contribution < -0.4 is 5.32 Å². The van der Waals surface area contributed by atoms with E-state index in [0.717, 1.165) is 24.4 Å². The molecular formula is C16H20N4. The molecule has 0 aromatic carbocycles. The Kier molecular flexibility index (Phi) is 3.56. The van der Waals surface area contributed by atoms with Crippen molar-refractivity contribution >= 4 is 5.65 Å². The Morgan fingerprint density at radius 1 is 1.15 bits per heavy atom. The van der Waals surface area contributed by atoms with E-state index in [1.165, 1.54) is 5.56 Å². The third-order valence-electron chi connectivity index (χ3n) is 3.28. The molecule has 0 aliphatic rings. The number of hydrogen-bond acceptors (Lipinski definition) is 2. The van der Waals surface area contributed by atoms with Crippen molar-refractivity contribution in [3.05, 3.63) is 60.3 Å². The zero-order valence-electron chi connectivity index (χ0n) is 12.0. The smallest absolute Gasteiger partial charge is 0.137 e. The molecule has 0 spiro atoms. The summed E-state index contributed by atoms with van der Waals surface area (Å²) >= 11 is 0. The average molecular weight is 268 g/mol. The molecule has 0 aliphatic heterocycles. The minimum Gasteiger partial charge on any atom is -0.348 e. The van der Waals surface area contributed by atoms with Gasteiger partial charge < -0.3 is 14.3 Å². The topological polar surface area (TPSA) is 34.3 Å². The van der Waals surface area contributed by atoms with Crippen molar-refractivity contribution in [3.8, 4) is 0 Å². The number of nitrogens with zero attached hydrogens (tertiary/aromatic N) is 3. The molecule has 0 bridgehead atoms. The van der Waals surface area contributed by atoms with Crippen LogP contribution in [0, 0.1) is 0 Å². The lowest BCUT2D eigenvalue weighted by Gasteiger charge is -2.05. The van der Waals surface area contributed by atoms with Crippen molar-refractivity contribution in [2.45, 2.75) is 33.0 Å². The molecule has 3 aromatic heterocycles. The fourth-order valence-electron chi connectivity index (χ4n) is 2.27. The summed E-state index contributed by atoms with van der Waals surface area (Å²) in [5.74, 6) is 0. The molecular weight excluding hydrogens is 248 g/mol. The second-order valence-corrected chi connectivity index (χ2v) is 5.43. The maximum absolute atomic E-state index is 4.62. The Labute approximate surface area is 119 Å². The predicted molar refractivity (Wildman–Crippen MR) is 80.7 cm³/mol. The Balaban J connectivity index is 1.71. The first-order valence-corrected chi connectivity index (χ1v) is 7.01. The first-order valence-electron chi connectivity index (χ1n) is 7.01. The lowest BCUT2D eigenvalue weighted by molar-refractivity contribution is 0.588. The quantitative estimate of drug-likeness (QED) is 0.772. The Morgan fingerprint density at radius 2 is 2.05 bits per heavy atom. The Morgan fingerprint density at radius 3 is 2.85 bits per heavy atom. The molecule has 0 radical (unpaired) electrons. The van der Waals surface area contributed by atoms with Gasteiger partial charge in [0.15, 0.2) is 0 Å². The van der Waals surface area contributed by atoms with Gasteiger partial charge in [-0.05, 0) is 23.8 Å². The van der Waals surface area contributed by atoms with Gasteiger partial charge in [0.05, 0.1) is 12.2 Å². The van der Waals surface area contributed by atoms with Crippen LogP contribution in [-0.2, 0) is 13.1 Å². The Hall–Kier alpha value is -2.07. The number of hydrogen-bond donors (Lipinski definition) is 1. The molecule has 4 nitrogen and oxygen atoms in total. The number of rotatable bonds is 5. The van der Waals surface area contributed by atoms with Crippen LogP contribution in [0.2, 0.25) is 0 Å². The predicted octanol–water partition coefficient (Wildman–Crippen LogP) is 2.68. The molecule has 0 atom stereocenters. The van der Waals surface area contributed by atoms with Gasteiger partial charge in [0, 0.05) is 37.4 Å². The van der Waals surface area contributed by atoms with Crippen LogP contribution in [0.3, 0.4) is 0 Å². The van der Waals surface area contributed by atoms with Crippen LogP contribution in [0.4, 0.5) is 0 Å². The van der Waals surface area contributed by atoms with Crippen LogP contribution in [0.15, 0.2) is 49.1 Å². The maximum Gasteiger partial charge on any atom is 0.137 e. The monoisotopic (exact) mass is 268 g/mol. The number of fused-ring (bicyclic) bond motifs is 1. The van der Waals surface area contributed by atoms with Gasteiger partial charge in [-0.1, -0.05) is 19.9 Å². The third-order valence-corrected chi connectivity index (χ3v) is 3.28. The summed E-state index contributed by atoms with van der Waals surface area (Å²) < 4.78 is 4.24. The highest BCUT2D eigenvalue weighted by molar-refractivity contribution is 5.39. The summed E-state index contributed by atoms with van der Waals surface area (Å²) in [5, 5.41) is 3.43. The fourth-order valence-corrected chi connectivity index (χ4v) is 2.27. The molecule has 0 aliphatic carbocycles. The first kappa shape index (κ1) is 12.9. The van der Waals surface area contributed by atoms with Crippen molar-refractivity contribution < 1.29 is 0 Å². The summed E-state index contributed by atoms with van der Waals surface area (Å²) in [6.07, 6.45) is 8.40. The first-order chi connectivity index (χ1) is 9.70. The highest BCUT2D eigenvalue weighted by atomic mass is 15.0. The van der Waals surface area contributed by atoms with E-state index in [9.17, 15) is 0 Å². The molecule has 3 aromatic rings. The molecule has 3 heterocycles. The van der Waals surface area contributed by atoms with Gasteiger partial charge in [-0.2, -0.15) is 0 Å². The zero-order valence-corrected chi connectivity index (χ0v) is 12.0. The zero-order chi connectivity index (χ0) is 13.9. The van der Waals surface area contributed by atoms with Crippen LogP contribution in [0.1, 0.15) is 25.1 Å². The van der Waals surface area contributed by atoms with E-state index in [4.69, 9.17) is 0 Å². The molecule has 0 amide bonds. The lowest BCUT2D eigenvalue weighted by Crippen LogP contribution is -2.21. The van der Waals surface area contributed by atoms with Crippen molar-refractivity contribution in [3.63, 3.8) is 0 Å². The van der Waals surface area contributed by atoms with Gasteiger partial charge in [0.2, 0.25) is 0 Å². The molecule has 20 heavy (non-hydrogen) atoms. The molecule has 0 saturated heterocycles. The molecule has 0 fully saturated rings. The lowest BCUT2D eigenvalue weighted by atomic mass is 10.3. The minimum atomic E-state index is 0.511. The number of aromatic nitrogens is 3. The molecule has 0 saturated carbocycles. The van der Waals surface area contributed by atoms with Crippen molar-refractivity contribution in [1.82, 2.24) is 19.3 Å². The van der Waals surface area contributed by atoms with Crippen LogP contribution in [0.5, 0.6) is 0 Å². The van der Waals surface area contributed by atoms with Crippen molar-refractivity contribution in [2.75, 3.05) is 0 Å². The van der Waals surface area contributed by atoms with Gasteiger partial charge in [0.25, 0.3) is 0 Å². The second kappa shape index (κ2) is 5.51. The van der Waals surface area contributed by atoms with Crippen LogP contribution >= 0.6 is 0 Å². The van der Waals surface area contributed by atoms with E-state index in [1.54, 1.807) is 0 Å². The summed E-state index contributed by atoms with van der Waals surface area (Å²) in [5.41, 5.74) is 3.38. The highest BCUT2D eigenvalue weighted by Gasteiger charge is 2.03. The highest BCUT2D eigenvalue weighted by Crippen LogP contribution is 2.08. The largest absolute Gasteiger partial charge is 0.348 e. The van der Waals surface area contributed by atoms with E-state index in [0.29, 0.717) is 6.04 Å². The summed E-state index contributed by atoms with van der Waals surface area (Å²) in [4.78, 5) is 4.62. The SMILES string of the molecule is CC(C)NCc1ccn(Cc2cn3ccccc3n2)c1. The van der Waals surface area contributed by atoms with E-state index in [1.807, 2.05) is 24.4 Å². The summed E-state index contributed by atoms with van der Waals surface area (Å²) in [6, 6.07) is 8.72. The van der Waals surface area contributed by atoms with Gasteiger partial charge in [0.1, 0.15) is 5.65 Å². The molecule has 0 unspecified atom stereocenters. The normalized spacial score (nSPS) is 11.6. The van der Waals surface area contributed by atoms with Crippen molar-refractivity contribution in [2.24, 2.45) is 0 Å². The van der Waals surface area contributed by atoms with E-state index in [2.05, 4.69) is 57.8 Å². The average Bonchev–Trinajstić information content (AvgIpc) is 3.02. The fraction of sp³-hybridized carbons (Fsp3) is 0.312. The third kappa shape index (κ3) is 2.91. The van der Waals surface area contributed by atoms with Gasteiger partial charge in [-0.15, -0.1) is 0 Å². The standard InChI is InChI=1S/C16H20N4/c1-13(2)17-9-14-6-8-19(10-14)11-15-12-20-7-4-3-5-16(20)18-15/h3-8,10,12-13,17H,9,11H2,1-2H3. The molecule has 1 N–H and O–H groups in total. The van der Waals surface area contributed by atoms with Crippen molar-refractivity contribution in [1.29, 1.82) is 0 Å².